The van der Waals surface area contributed by atoms with Crippen LogP contribution in [0.4, 0.5) is 22.7 Å². The van der Waals surface area contributed by atoms with Crippen LogP contribution in [0.25, 0.3) is 43.1 Å². The van der Waals surface area contributed by atoms with E-state index in [1.807, 2.05) is 0 Å². The molecule has 8 N–H and O–H groups in total. The predicted molar refractivity (Wildman–Crippen MR) is 208 cm³/mol. The van der Waals surface area contributed by atoms with Gasteiger partial charge in [-0.25, -0.2) is 0 Å². The minimum Gasteiger partial charge on any atom is -0.383 e. The summed E-state index contributed by atoms with van der Waals surface area (Å²) in [5.41, 5.74) is 4.72. The van der Waals surface area contributed by atoms with Crippen molar-refractivity contribution in [2.75, 3.05) is 99.8 Å². The van der Waals surface area contributed by atoms with Crippen LogP contribution < -0.4 is 42.5 Å². The van der Waals surface area contributed by atoms with Gasteiger partial charge in [0.1, 0.15) is 0 Å². The first-order chi connectivity index (χ1) is 23.8. The van der Waals surface area contributed by atoms with Gasteiger partial charge in [0.25, 0.3) is 0 Å². The Kier molecular flexibility index (Phi) is 10.7. The van der Waals surface area contributed by atoms with Crippen LogP contribution in [0.2, 0.25) is 0 Å². The summed E-state index contributed by atoms with van der Waals surface area (Å²) in [5.74, 6) is 0. The molecule has 0 atom stereocenters. The zero-order valence-corrected chi connectivity index (χ0v) is 27.7. The molecule has 0 spiro atoms. The molecule has 48 heavy (non-hydrogen) atoms. The van der Waals surface area contributed by atoms with Crippen LogP contribution in [0.1, 0.15) is 0 Å². The highest BCUT2D eigenvalue weighted by Gasteiger charge is 2.08. The standard InChI is InChI=1S/C40H48N8/c1-5-29-25-34-30-6-2-10-38(34)46-22-18-43-15-16-44-20-24-48-40-12-4-8-32-27-35-31(28-36(32)40)7-3-11-39(35)47-23-19-42-14-13-41-17-21-45-37(9-1)33(29)26-30/h1-12,25-28,41-48H,13-24H2. The minimum atomic E-state index is 0.871. The Morgan fingerprint density at radius 2 is 0.500 bits per heavy atom. The maximum atomic E-state index is 3.67. The normalized spacial score (nSPS) is 16.5. The van der Waals surface area contributed by atoms with Crippen LogP contribution >= 0.6 is 0 Å². The Bertz CT molecular complexity index is 1690. The SMILES string of the molecule is c1cc2c3cc4cccc(c4cc3c1)NCCNCCNCCNc1cccc3cc4c(cccc4cc13)NCCNCCNCCN2. The average molecular weight is 641 g/mol. The van der Waals surface area contributed by atoms with Gasteiger partial charge < -0.3 is 42.5 Å². The molecule has 248 valence electrons. The van der Waals surface area contributed by atoms with Crippen LogP contribution in [-0.2, 0) is 0 Å². The van der Waals surface area contributed by atoms with E-state index in [4.69, 9.17) is 0 Å². The Morgan fingerprint density at radius 3 is 0.750 bits per heavy atom. The van der Waals surface area contributed by atoms with Crippen molar-refractivity contribution >= 4 is 65.8 Å². The Morgan fingerprint density at radius 1 is 0.271 bits per heavy atom. The van der Waals surface area contributed by atoms with Crippen LogP contribution in [0, 0.1) is 0 Å². The fraction of sp³-hybridized carbons (Fsp3) is 0.300. The molecule has 4 aliphatic rings. The Balaban J connectivity index is 1.01. The highest BCUT2D eigenvalue weighted by atomic mass is 15.0. The lowest BCUT2D eigenvalue weighted by Gasteiger charge is -2.15. The molecule has 8 nitrogen and oxygen atoms in total. The van der Waals surface area contributed by atoms with Gasteiger partial charge in [-0.15, -0.1) is 0 Å². The van der Waals surface area contributed by atoms with Crippen molar-refractivity contribution in [3.05, 3.63) is 97.1 Å². The van der Waals surface area contributed by atoms with E-state index in [-0.39, 0.29) is 0 Å². The second-order valence-electron chi connectivity index (χ2n) is 12.5. The number of anilines is 4. The van der Waals surface area contributed by atoms with Crippen LogP contribution in [0.5, 0.6) is 0 Å². The molecule has 6 aromatic rings. The first-order valence-corrected chi connectivity index (χ1v) is 17.5. The molecule has 4 heterocycles. The molecule has 10 rings (SSSR count). The maximum absolute atomic E-state index is 3.67. The molecule has 0 saturated carbocycles. The highest BCUT2D eigenvalue weighted by molar-refractivity contribution is 6.08. The van der Waals surface area contributed by atoms with Crippen molar-refractivity contribution in [1.29, 1.82) is 0 Å². The van der Waals surface area contributed by atoms with E-state index in [1.165, 1.54) is 65.8 Å². The van der Waals surface area contributed by atoms with E-state index in [9.17, 15) is 0 Å². The summed E-state index contributed by atoms with van der Waals surface area (Å²) in [5, 5.41) is 39.0. The van der Waals surface area contributed by atoms with E-state index in [1.54, 1.807) is 0 Å². The lowest BCUT2D eigenvalue weighted by molar-refractivity contribution is 0.627. The second-order valence-corrected chi connectivity index (χ2v) is 12.5. The van der Waals surface area contributed by atoms with Crippen molar-refractivity contribution in [3.8, 4) is 0 Å². The zero-order chi connectivity index (χ0) is 32.4. The van der Waals surface area contributed by atoms with Crippen molar-refractivity contribution in [2.24, 2.45) is 0 Å². The molecular weight excluding hydrogens is 592 g/mol. The van der Waals surface area contributed by atoms with E-state index < -0.39 is 0 Å². The van der Waals surface area contributed by atoms with E-state index in [0.29, 0.717) is 0 Å². The number of rotatable bonds is 0. The van der Waals surface area contributed by atoms with Gasteiger partial charge in [-0.3, -0.25) is 0 Å². The first-order valence-electron chi connectivity index (χ1n) is 17.5. The van der Waals surface area contributed by atoms with E-state index in [2.05, 4.69) is 140 Å². The van der Waals surface area contributed by atoms with Crippen molar-refractivity contribution in [2.45, 2.75) is 0 Å². The summed E-state index contributed by atoms with van der Waals surface area (Å²) >= 11 is 0. The highest BCUT2D eigenvalue weighted by Crippen LogP contribution is 2.33. The molecule has 0 radical (unpaired) electrons. The fourth-order valence-electron chi connectivity index (χ4n) is 6.71. The van der Waals surface area contributed by atoms with Gasteiger partial charge in [0.05, 0.1) is 0 Å². The molecule has 0 unspecified atom stereocenters. The van der Waals surface area contributed by atoms with E-state index >= 15 is 0 Å². The molecule has 0 aliphatic carbocycles. The topological polar surface area (TPSA) is 96.2 Å². The first kappa shape index (κ1) is 32.0. The molecule has 6 aromatic carbocycles. The molecule has 8 heteroatoms. The quantitative estimate of drug-likeness (QED) is 0.0956. The lowest BCUT2D eigenvalue weighted by Crippen LogP contribution is -2.32. The monoisotopic (exact) mass is 640 g/mol. The second kappa shape index (κ2) is 16.0. The summed E-state index contributed by atoms with van der Waals surface area (Å²) < 4.78 is 0. The van der Waals surface area contributed by atoms with Gasteiger partial charge >= 0.3 is 0 Å². The Labute approximate surface area is 283 Å². The smallest absolute Gasteiger partial charge is 0.0420 e. The molecule has 12 bridgehead atoms. The third-order valence-corrected chi connectivity index (χ3v) is 9.18. The van der Waals surface area contributed by atoms with Gasteiger partial charge in [0.15, 0.2) is 0 Å². The summed E-state index contributed by atoms with van der Waals surface area (Å²) in [6, 6.07) is 35.4. The molecule has 0 amide bonds. The van der Waals surface area contributed by atoms with Gasteiger partial charge in [0, 0.05) is 123 Å². The van der Waals surface area contributed by atoms with Crippen LogP contribution in [0.3, 0.4) is 0 Å². The molecule has 4 aliphatic heterocycles. The summed E-state index contributed by atoms with van der Waals surface area (Å²) in [4.78, 5) is 0. The number of hydrogen-bond acceptors (Lipinski definition) is 8. The third-order valence-electron chi connectivity index (χ3n) is 9.18. The average Bonchev–Trinajstić information content (AvgIpc) is 3.11. The van der Waals surface area contributed by atoms with Crippen LogP contribution in [-0.4, -0.2) is 78.5 Å². The number of hydrogen-bond donors (Lipinski definition) is 8. The van der Waals surface area contributed by atoms with Crippen molar-refractivity contribution < 1.29 is 0 Å². The van der Waals surface area contributed by atoms with Crippen molar-refractivity contribution in [1.82, 2.24) is 21.3 Å². The minimum absolute atomic E-state index is 0.871. The van der Waals surface area contributed by atoms with Gasteiger partial charge in [-0.05, 0) is 70.1 Å². The predicted octanol–water partition coefficient (Wildman–Crippen LogP) is 6.02. The van der Waals surface area contributed by atoms with E-state index in [0.717, 1.165) is 78.5 Å². The molecular formula is C40H48N8. The van der Waals surface area contributed by atoms with Crippen molar-refractivity contribution in [3.63, 3.8) is 0 Å². The van der Waals surface area contributed by atoms with Gasteiger partial charge in [-0.1, -0.05) is 48.5 Å². The zero-order valence-electron chi connectivity index (χ0n) is 27.7. The maximum Gasteiger partial charge on any atom is 0.0420 e. The summed E-state index contributed by atoms with van der Waals surface area (Å²) in [6.07, 6.45) is 0. The van der Waals surface area contributed by atoms with Crippen LogP contribution in [0.15, 0.2) is 97.1 Å². The number of nitrogens with one attached hydrogen (secondary N) is 8. The number of benzene rings is 6. The van der Waals surface area contributed by atoms with Gasteiger partial charge in [-0.2, -0.15) is 0 Å². The molecule has 0 fully saturated rings. The largest absolute Gasteiger partial charge is 0.383 e. The summed E-state index contributed by atoms with van der Waals surface area (Å²) in [7, 11) is 0. The molecule has 0 saturated heterocycles. The summed E-state index contributed by atoms with van der Waals surface area (Å²) in [6.45, 7) is 10.8. The molecule has 0 aromatic heterocycles. The lowest BCUT2D eigenvalue weighted by atomic mass is 10.0. The fourth-order valence-corrected chi connectivity index (χ4v) is 6.71. The Hall–Kier alpha value is -4.60. The third kappa shape index (κ3) is 7.75. The van der Waals surface area contributed by atoms with Gasteiger partial charge in [0.2, 0.25) is 0 Å².